The van der Waals surface area contributed by atoms with Gasteiger partial charge in [-0.3, -0.25) is 14.4 Å². The van der Waals surface area contributed by atoms with Gasteiger partial charge in [0.05, 0.1) is 42.9 Å². The second-order valence-corrected chi connectivity index (χ2v) is 12.3. The van der Waals surface area contributed by atoms with Crippen molar-refractivity contribution in [3.8, 4) is 17.2 Å². The number of nitrogens with one attached hydrogen (secondary N) is 2. The van der Waals surface area contributed by atoms with E-state index < -0.39 is 11.8 Å². The van der Waals surface area contributed by atoms with Crippen molar-refractivity contribution in [1.29, 1.82) is 0 Å². The molecule has 0 saturated heterocycles. The van der Waals surface area contributed by atoms with E-state index in [1.807, 2.05) is 48.3 Å². The minimum absolute atomic E-state index is 0.123. The van der Waals surface area contributed by atoms with Crippen LogP contribution in [0.4, 0.5) is 11.4 Å². The Morgan fingerprint density at radius 3 is 2.35 bits per heavy atom. The van der Waals surface area contributed by atoms with Crippen LogP contribution >= 0.6 is 0 Å². The van der Waals surface area contributed by atoms with Gasteiger partial charge in [-0.2, -0.15) is 0 Å². The second-order valence-electron chi connectivity index (χ2n) is 12.3. The van der Waals surface area contributed by atoms with Gasteiger partial charge in [0.15, 0.2) is 22.7 Å². The predicted octanol–water partition coefficient (Wildman–Crippen LogP) is 6.79. The van der Waals surface area contributed by atoms with Crippen LogP contribution in [0.1, 0.15) is 43.3 Å². The van der Waals surface area contributed by atoms with Gasteiger partial charge in [-0.25, -0.2) is 4.98 Å². The molecule has 2 N–H and O–H groups in total. The molecule has 0 radical (unpaired) electrons. The zero-order chi connectivity index (χ0) is 36.1. The summed E-state index contributed by atoms with van der Waals surface area (Å²) in [6.45, 7) is 5.75. The fraction of sp³-hybridized carbons (Fsp3) is 0.200. The van der Waals surface area contributed by atoms with Crippen molar-refractivity contribution >= 4 is 34.2 Å². The lowest BCUT2D eigenvalue weighted by Crippen LogP contribution is -2.21. The summed E-state index contributed by atoms with van der Waals surface area (Å²) in [6.07, 6.45) is 4.67. The minimum atomic E-state index is -0.704. The number of rotatable bonds is 12. The van der Waals surface area contributed by atoms with E-state index >= 15 is 0 Å². The van der Waals surface area contributed by atoms with E-state index in [2.05, 4.69) is 52.7 Å². The van der Waals surface area contributed by atoms with Gasteiger partial charge in [0.25, 0.3) is 11.8 Å². The topological polar surface area (TPSA) is 128 Å². The van der Waals surface area contributed by atoms with Gasteiger partial charge in [-0.15, -0.1) is 0 Å². The molecule has 11 heteroatoms. The number of amides is 2. The number of para-hydroxylation sites is 1. The first-order valence-electron chi connectivity index (χ1n) is 16.4. The number of methoxy groups -OCH3 is 2. The summed E-state index contributed by atoms with van der Waals surface area (Å²) < 4.78 is 18.6. The second kappa shape index (κ2) is 15.1. The minimum Gasteiger partial charge on any atom is -0.493 e. The smallest absolute Gasteiger partial charge is 0.291 e. The third kappa shape index (κ3) is 8.00. The first kappa shape index (κ1) is 34.7. The Bertz CT molecular complexity index is 2270. The number of fused-ring (bicyclic) bond motifs is 1. The van der Waals surface area contributed by atoms with Gasteiger partial charge in [0.1, 0.15) is 5.58 Å². The fourth-order valence-corrected chi connectivity index (χ4v) is 5.76. The molecule has 2 aromatic heterocycles. The summed E-state index contributed by atoms with van der Waals surface area (Å²) >= 11 is 0. The Labute approximate surface area is 295 Å². The number of hydrogen-bond acceptors (Lipinski definition) is 8. The lowest BCUT2D eigenvalue weighted by molar-refractivity contribution is 0.0997. The fourth-order valence-electron chi connectivity index (χ4n) is 5.76. The number of benzene rings is 4. The van der Waals surface area contributed by atoms with E-state index in [0.29, 0.717) is 22.6 Å². The van der Waals surface area contributed by atoms with Crippen LogP contribution in [0.15, 0.2) is 107 Å². The van der Waals surface area contributed by atoms with Gasteiger partial charge < -0.3 is 34.0 Å². The molecule has 0 saturated carbocycles. The average molecular weight is 686 g/mol. The van der Waals surface area contributed by atoms with Crippen LogP contribution in [-0.4, -0.2) is 54.1 Å². The number of aryl methyl sites for hydroxylation is 2. The summed E-state index contributed by atoms with van der Waals surface area (Å²) in [5.74, 6) is -0.785. The van der Waals surface area contributed by atoms with Crippen molar-refractivity contribution in [3.63, 3.8) is 0 Å². The summed E-state index contributed by atoms with van der Waals surface area (Å²) in [4.78, 5) is 46.2. The molecule has 6 rings (SSSR count). The number of likely N-dealkylation sites (N-methyl/N-ethyl adjacent to an activating group) is 1. The highest BCUT2D eigenvalue weighted by molar-refractivity contribution is 6.12. The maximum absolute atomic E-state index is 13.6. The van der Waals surface area contributed by atoms with E-state index in [1.165, 1.54) is 37.5 Å². The molecule has 0 spiro atoms. The number of carbonyl (C=O) groups excluding carboxylic acids is 2. The van der Waals surface area contributed by atoms with Crippen LogP contribution in [0.25, 0.3) is 16.7 Å². The molecular weight excluding hydrogens is 646 g/mol. The van der Waals surface area contributed by atoms with Gasteiger partial charge >= 0.3 is 0 Å². The molecule has 0 fully saturated rings. The van der Waals surface area contributed by atoms with E-state index in [9.17, 15) is 14.4 Å². The number of nitrogens with zero attached hydrogens (tertiary/aromatic N) is 3. The van der Waals surface area contributed by atoms with E-state index in [0.717, 1.165) is 42.5 Å². The third-order valence-electron chi connectivity index (χ3n) is 8.65. The van der Waals surface area contributed by atoms with E-state index in [1.54, 1.807) is 24.3 Å². The van der Waals surface area contributed by atoms with E-state index in [4.69, 9.17) is 13.9 Å². The molecule has 51 heavy (non-hydrogen) atoms. The van der Waals surface area contributed by atoms with Crippen molar-refractivity contribution in [1.82, 2.24) is 14.5 Å². The van der Waals surface area contributed by atoms with Crippen molar-refractivity contribution in [2.75, 3.05) is 38.4 Å². The summed E-state index contributed by atoms with van der Waals surface area (Å²) in [7, 11) is 5.01. The third-order valence-corrected chi connectivity index (χ3v) is 8.65. The van der Waals surface area contributed by atoms with E-state index in [-0.39, 0.29) is 28.0 Å². The van der Waals surface area contributed by atoms with Gasteiger partial charge in [-0.1, -0.05) is 30.3 Å². The molecule has 0 atom stereocenters. The number of hydrogen-bond donors (Lipinski definition) is 2. The van der Waals surface area contributed by atoms with Crippen LogP contribution in [0.2, 0.25) is 0 Å². The van der Waals surface area contributed by atoms with Crippen LogP contribution in [0.3, 0.4) is 0 Å². The number of ether oxygens (including phenoxy) is 2. The number of aromatic nitrogens is 2. The average Bonchev–Trinajstić information content (AvgIpc) is 3.58. The highest BCUT2D eigenvalue weighted by atomic mass is 16.5. The zero-order valence-electron chi connectivity index (χ0n) is 29.2. The maximum atomic E-state index is 13.6. The standard InChI is InChI=1S/C40H39N5O6/c1-25-10-15-30(45-22-26(2)41-24-45)18-28(25)23-44(3)17-16-27-11-13-29(14-12-27)42-39(47)32-19-36(49-4)37(50-5)20-33(32)43-40(48)38-21-34(46)31-8-6-7-9-35(31)51-38/h6-15,18-22,24H,16-17,23H2,1-5H3,(H,42,47)(H,43,48). The maximum Gasteiger partial charge on any atom is 0.291 e. The molecule has 0 bridgehead atoms. The summed E-state index contributed by atoms with van der Waals surface area (Å²) in [5, 5.41) is 5.97. The first-order chi connectivity index (χ1) is 24.6. The molecule has 0 aliphatic heterocycles. The number of imidazole rings is 1. The predicted molar refractivity (Wildman–Crippen MR) is 197 cm³/mol. The molecule has 2 heterocycles. The molecule has 2 amide bonds. The molecule has 260 valence electrons. The van der Waals surface area contributed by atoms with Crippen LogP contribution in [0.5, 0.6) is 11.5 Å². The lowest BCUT2D eigenvalue weighted by atomic mass is 10.1. The molecule has 6 aromatic rings. The Kier molecular flexibility index (Phi) is 10.3. The van der Waals surface area contributed by atoms with Crippen molar-refractivity contribution < 1.29 is 23.5 Å². The van der Waals surface area contributed by atoms with Crippen molar-refractivity contribution in [2.24, 2.45) is 0 Å². The molecule has 0 unspecified atom stereocenters. The number of carbonyl (C=O) groups is 2. The highest BCUT2D eigenvalue weighted by Gasteiger charge is 2.21. The normalized spacial score (nSPS) is 11.1. The SMILES string of the molecule is COc1cc(NC(=O)c2cc(=O)c3ccccc3o2)c(C(=O)Nc2ccc(CCN(C)Cc3cc(-n4cnc(C)c4)ccc3C)cc2)cc1OC. The Morgan fingerprint density at radius 2 is 1.63 bits per heavy atom. The monoisotopic (exact) mass is 685 g/mol. The zero-order valence-corrected chi connectivity index (χ0v) is 29.2. The van der Waals surface area contributed by atoms with Crippen LogP contribution in [-0.2, 0) is 13.0 Å². The largest absolute Gasteiger partial charge is 0.493 e. The molecule has 0 aliphatic carbocycles. The molecular formula is C40H39N5O6. The number of anilines is 2. The lowest BCUT2D eigenvalue weighted by Gasteiger charge is -2.19. The van der Waals surface area contributed by atoms with Gasteiger partial charge in [0, 0.05) is 42.8 Å². The van der Waals surface area contributed by atoms with Crippen molar-refractivity contribution in [3.05, 3.63) is 141 Å². The Morgan fingerprint density at radius 1 is 0.882 bits per heavy atom. The highest BCUT2D eigenvalue weighted by Crippen LogP contribution is 2.34. The molecule has 4 aromatic carbocycles. The first-order valence-corrected chi connectivity index (χ1v) is 16.4. The molecule has 0 aliphatic rings. The van der Waals surface area contributed by atoms with Crippen molar-refractivity contribution in [2.45, 2.75) is 26.8 Å². The Balaban J connectivity index is 1.12. The van der Waals surface area contributed by atoms with Crippen LogP contribution < -0.4 is 25.5 Å². The Hall–Kier alpha value is -6.20. The summed E-state index contributed by atoms with van der Waals surface area (Å²) in [6, 6.07) is 24.9. The van der Waals surface area contributed by atoms with Crippen LogP contribution in [0, 0.1) is 13.8 Å². The summed E-state index contributed by atoms with van der Waals surface area (Å²) in [5.41, 5.74) is 6.44. The quantitative estimate of drug-likeness (QED) is 0.144. The van der Waals surface area contributed by atoms with Gasteiger partial charge in [-0.05, 0) is 86.5 Å². The molecule has 11 nitrogen and oxygen atoms in total. The van der Waals surface area contributed by atoms with Gasteiger partial charge in [0.2, 0.25) is 0 Å².